The number of hydrogen-bond acceptors (Lipinski definition) is 2. The molecule has 2 rings (SSSR count). The van der Waals surface area contributed by atoms with Crippen molar-refractivity contribution in [1.82, 2.24) is 4.90 Å². The third-order valence-electron chi connectivity index (χ3n) is 3.28. The Morgan fingerprint density at radius 2 is 1.92 bits per heavy atom. The predicted octanol–water partition coefficient (Wildman–Crippen LogP) is 0.879. The Hall–Kier alpha value is -0.570. The van der Waals surface area contributed by atoms with Gasteiger partial charge in [0.1, 0.15) is 0 Å². The van der Waals surface area contributed by atoms with E-state index in [0.29, 0.717) is 6.04 Å². The van der Waals surface area contributed by atoms with Crippen LogP contribution in [0.5, 0.6) is 0 Å². The summed E-state index contributed by atoms with van der Waals surface area (Å²) in [6.45, 7) is 0.942. The van der Waals surface area contributed by atoms with Crippen molar-refractivity contribution in [2.24, 2.45) is 5.73 Å². The highest BCUT2D eigenvalue weighted by molar-refractivity contribution is 5.82. The molecule has 74 valence electrons. The summed E-state index contributed by atoms with van der Waals surface area (Å²) in [5.74, 6) is 0.196. The number of nitrogens with two attached hydrogens (primary N) is 1. The molecule has 1 heterocycles. The van der Waals surface area contributed by atoms with Gasteiger partial charge in [-0.15, -0.1) is 0 Å². The maximum absolute atomic E-state index is 11.8. The molecule has 0 spiro atoms. The van der Waals surface area contributed by atoms with Crippen LogP contribution in [0.15, 0.2) is 0 Å². The second kappa shape index (κ2) is 3.66. The Balaban J connectivity index is 2.01. The summed E-state index contributed by atoms with van der Waals surface area (Å²) >= 11 is 0. The van der Waals surface area contributed by atoms with E-state index in [4.69, 9.17) is 5.73 Å². The Labute approximate surface area is 79.3 Å². The predicted molar refractivity (Wildman–Crippen MR) is 51.2 cm³/mol. The van der Waals surface area contributed by atoms with Gasteiger partial charge in [0.15, 0.2) is 0 Å². The van der Waals surface area contributed by atoms with Gasteiger partial charge in [0.2, 0.25) is 5.91 Å². The SMILES string of the molecule is N[C@@H]1CCCCN(C2CCC2)C1=O. The molecule has 1 aliphatic carbocycles. The van der Waals surface area contributed by atoms with Gasteiger partial charge in [-0.1, -0.05) is 0 Å². The Bertz CT molecular complexity index is 201. The van der Waals surface area contributed by atoms with Crippen molar-refractivity contribution in [2.75, 3.05) is 6.54 Å². The normalized spacial score (nSPS) is 31.3. The molecule has 0 unspecified atom stereocenters. The van der Waals surface area contributed by atoms with Crippen molar-refractivity contribution in [3.63, 3.8) is 0 Å². The summed E-state index contributed by atoms with van der Waals surface area (Å²) in [5.41, 5.74) is 5.79. The average Bonchev–Trinajstić information content (AvgIpc) is 2.17. The molecule has 1 atom stereocenters. The van der Waals surface area contributed by atoms with E-state index in [-0.39, 0.29) is 11.9 Å². The maximum Gasteiger partial charge on any atom is 0.239 e. The smallest absolute Gasteiger partial charge is 0.239 e. The molecule has 0 radical (unpaired) electrons. The maximum atomic E-state index is 11.8. The summed E-state index contributed by atoms with van der Waals surface area (Å²) < 4.78 is 0. The van der Waals surface area contributed by atoms with Crippen LogP contribution >= 0.6 is 0 Å². The standard InChI is InChI=1S/C10H18N2O/c11-9-6-1-2-7-12(10(9)13)8-4-3-5-8/h8-9H,1-7,11H2/t9-/m1/s1. The fraction of sp³-hybridized carbons (Fsp3) is 0.900. The van der Waals surface area contributed by atoms with E-state index in [1.165, 1.54) is 19.3 Å². The minimum absolute atomic E-state index is 0.196. The van der Waals surface area contributed by atoms with Gasteiger partial charge in [-0.2, -0.15) is 0 Å². The van der Waals surface area contributed by atoms with E-state index >= 15 is 0 Å². The van der Waals surface area contributed by atoms with Crippen LogP contribution in [-0.4, -0.2) is 29.4 Å². The lowest BCUT2D eigenvalue weighted by atomic mass is 9.91. The van der Waals surface area contributed by atoms with Crippen molar-refractivity contribution in [3.8, 4) is 0 Å². The van der Waals surface area contributed by atoms with Gasteiger partial charge in [-0.3, -0.25) is 4.79 Å². The van der Waals surface area contributed by atoms with E-state index < -0.39 is 0 Å². The van der Waals surface area contributed by atoms with Crippen LogP contribution in [0, 0.1) is 0 Å². The van der Waals surface area contributed by atoms with Crippen LogP contribution in [0.1, 0.15) is 38.5 Å². The van der Waals surface area contributed by atoms with E-state index in [1.807, 2.05) is 4.90 Å². The molecular weight excluding hydrogens is 164 g/mol. The molecule has 3 nitrogen and oxygen atoms in total. The monoisotopic (exact) mass is 182 g/mol. The van der Waals surface area contributed by atoms with Crippen molar-refractivity contribution in [3.05, 3.63) is 0 Å². The first kappa shape index (κ1) is 9.00. The van der Waals surface area contributed by atoms with E-state index in [0.717, 1.165) is 25.8 Å². The van der Waals surface area contributed by atoms with Crippen molar-refractivity contribution in [1.29, 1.82) is 0 Å². The molecule has 13 heavy (non-hydrogen) atoms. The highest BCUT2D eigenvalue weighted by Gasteiger charge is 2.32. The molecule has 2 N–H and O–H groups in total. The largest absolute Gasteiger partial charge is 0.338 e. The van der Waals surface area contributed by atoms with Crippen LogP contribution in [0.3, 0.4) is 0 Å². The van der Waals surface area contributed by atoms with Gasteiger partial charge in [0.25, 0.3) is 0 Å². The molecule has 0 aromatic carbocycles. The summed E-state index contributed by atoms with van der Waals surface area (Å²) in [6.07, 6.45) is 6.79. The lowest BCUT2D eigenvalue weighted by molar-refractivity contribution is -0.136. The molecule has 1 amide bonds. The molecular formula is C10H18N2O. The lowest BCUT2D eigenvalue weighted by Crippen LogP contribution is -2.49. The average molecular weight is 182 g/mol. The number of carbonyl (C=O) groups is 1. The van der Waals surface area contributed by atoms with Gasteiger partial charge < -0.3 is 10.6 Å². The summed E-state index contributed by atoms with van der Waals surface area (Å²) in [7, 11) is 0. The first-order valence-electron chi connectivity index (χ1n) is 5.35. The Morgan fingerprint density at radius 1 is 1.15 bits per heavy atom. The summed E-state index contributed by atoms with van der Waals surface area (Å²) in [5, 5.41) is 0. The molecule has 2 aliphatic rings. The van der Waals surface area contributed by atoms with E-state index in [1.54, 1.807) is 0 Å². The molecule has 1 saturated heterocycles. The van der Waals surface area contributed by atoms with Gasteiger partial charge in [-0.05, 0) is 38.5 Å². The van der Waals surface area contributed by atoms with Gasteiger partial charge in [0, 0.05) is 12.6 Å². The highest BCUT2D eigenvalue weighted by Crippen LogP contribution is 2.27. The fourth-order valence-electron chi connectivity index (χ4n) is 2.15. The van der Waals surface area contributed by atoms with Crippen molar-refractivity contribution >= 4 is 5.91 Å². The Kier molecular flexibility index (Phi) is 2.54. The first-order valence-corrected chi connectivity index (χ1v) is 5.35. The van der Waals surface area contributed by atoms with Crippen LogP contribution < -0.4 is 5.73 Å². The summed E-state index contributed by atoms with van der Waals surface area (Å²) in [4.78, 5) is 13.8. The number of rotatable bonds is 1. The molecule has 1 saturated carbocycles. The second-order valence-corrected chi connectivity index (χ2v) is 4.22. The van der Waals surface area contributed by atoms with Crippen LogP contribution in [0.4, 0.5) is 0 Å². The zero-order valence-electron chi connectivity index (χ0n) is 8.04. The zero-order valence-corrected chi connectivity index (χ0v) is 8.04. The highest BCUT2D eigenvalue weighted by atomic mass is 16.2. The molecule has 3 heteroatoms. The fourth-order valence-corrected chi connectivity index (χ4v) is 2.15. The van der Waals surface area contributed by atoms with Crippen LogP contribution in [-0.2, 0) is 4.79 Å². The lowest BCUT2D eigenvalue weighted by Gasteiger charge is -2.37. The van der Waals surface area contributed by atoms with E-state index in [2.05, 4.69) is 0 Å². The molecule has 0 aromatic rings. The molecule has 2 fully saturated rings. The number of carbonyl (C=O) groups excluding carboxylic acids is 1. The molecule has 0 bridgehead atoms. The van der Waals surface area contributed by atoms with E-state index in [9.17, 15) is 4.79 Å². The van der Waals surface area contributed by atoms with Crippen molar-refractivity contribution < 1.29 is 4.79 Å². The topological polar surface area (TPSA) is 46.3 Å². The summed E-state index contributed by atoms with van der Waals surface area (Å²) in [6, 6.07) is 0.305. The minimum atomic E-state index is -0.219. The first-order chi connectivity index (χ1) is 6.29. The third kappa shape index (κ3) is 1.70. The van der Waals surface area contributed by atoms with Crippen molar-refractivity contribution in [2.45, 2.75) is 50.6 Å². The Morgan fingerprint density at radius 3 is 2.54 bits per heavy atom. The molecule has 0 aromatic heterocycles. The number of amides is 1. The molecule has 1 aliphatic heterocycles. The number of likely N-dealkylation sites (tertiary alicyclic amines) is 1. The minimum Gasteiger partial charge on any atom is -0.338 e. The third-order valence-corrected chi connectivity index (χ3v) is 3.28. The number of nitrogens with zero attached hydrogens (tertiary/aromatic N) is 1. The quantitative estimate of drug-likeness (QED) is 0.654. The zero-order chi connectivity index (χ0) is 9.26. The second-order valence-electron chi connectivity index (χ2n) is 4.22. The van der Waals surface area contributed by atoms with Gasteiger partial charge in [-0.25, -0.2) is 0 Å². The van der Waals surface area contributed by atoms with Gasteiger partial charge >= 0.3 is 0 Å². The van der Waals surface area contributed by atoms with Crippen LogP contribution in [0.25, 0.3) is 0 Å². The number of hydrogen-bond donors (Lipinski definition) is 1. The van der Waals surface area contributed by atoms with Gasteiger partial charge in [0.05, 0.1) is 6.04 Å². The van der Waals surface area contributed by atoms with Crippen LogP contribution in [0.2, 0.25) is 0 Å².